The van der Waals surface area contributed by atoms with Gasteiger partial charge in [0.05, 0.1) is 0 Å². The number of hydrogen-bond acceptors (Lipinski definition) is 5. The third-order valence-electron chi connectivity index (χ3n) is 2.57. The Bertz CT molecular complexity index is 358. The Labute approximate surface area is 114 Å². The number of nitrogens with zero attached hydrogens (tertiary/aromatic N) is 4. The van der Waals surface area contributed by atoms with Crippen molar-refractivity contribution in [1.82, 2.24) is 15.0 Å². The van der Waals surface area contributed by atoms with Gasteiger partial charge in [-0.1, -0.05) is 26.7 Å². The zero-order valence-corrected chi connectivity index (χ0v) is 12.2. The van der Waals surface area contributed by atoms with Crippen LogP contribution in [-0.2, 0) is 0 Å². The number of anilines is 2. The lowest BCUT2D eigenvalue weighted by Crippen LogP contribution is -2.22. The van der Waals surface area contributed by atoms with Crippen molar-refractivity contribution in [3.05, 3.63) is 5.28 Å². The third kappa shape index (κ3) is 5.04. The lowest BCUT2D eigenvalue weighted by Gasteiger charge is -2.17. The predicted octanol–water partition coefficient (Wildman–Crippen LogP) is 2.97. The first-order valence-electron chi connectivity index (χ1n) is 6.54. The summed E-state index contributed by atoms with van der Waals surface area (Å²) in [7, 11) is 1.98. The fraction of sp³-hybridized carbons (Fsp3) is 0.750. The van der Waals surface area contributed by atoms with Crippen LogP contribution in [0.15, 0.2) is 0 Å². The highest BCUT2D eigenvalue weighted by Crippen LogP contribution is 2.13. The van der Waals surface area contributed by atoms with Crippen molar-refractivity contribution in [3.63, 3.8) is 0 Å². The first kappa shape index (κ1) is 15.0. The average molecular weight is 272 g/mol. The summed E-state index contributed by atoms with van der Waals surface area (Å²) in [5.74, 6) is 1.18. The van der Waals surface area contributed by atoms with E-state index in [4.69, 9.17) is 11.6 Å². The number of aromatic nitrogens is 3. The van der Waals surface area contributed by atoms with Crippen molar-refractivity contribution in [1.29, 1.82) is 0 Å². The topological polar surface area (TPSA) is 53.9 Å². The molecule has 0 amide bonds. The highest BCUT2D eigenvalue weighted by molar-refractivity contribution is 6.28. The van der Waals surface area contributed by atoms with E-state index in [0.717, 1.165) is 25.9 Å². The van der Waals surface area contributed by atoms with Crippen molar-refractivity contribution in [2.45, 2.75) is 39.5 Å². The van der Waals surface area contributed by atoms with Crippen LogP contribution in [0.3, 0.4) is 0 Å². The van der Waals surface area contributed by atoms with Gasteiger partial charge in [0.1, 0.15) is 0 Å². The molecule has 0 aliphatic rings. The number of rotatable bonds is 8. The first-order valence-corrected chi connectivity index (χ1v) is 6.91. The largest absolute Gasteiger partial charge is 0.354 e. The summed E-state index contributed by atoms with van der Waals surface area (Å²) in [5, 5.41) is 3.36. The Morgan fingerprint density at radius 3 is 2.56 bits per heavy atom. The zero-order valence-electron chi connectivity index (χ0n) is 11.4. The van der Waals surface area contributed by atoms with Crippen LogP contribution in [0.1, 0.15) is 39.5 Å². The van der Waals surface area contributed by atoms with E-state index >= 15 is 0 Å². The van der Waals surface area contributed by atoms with Gasteiger partial charge in [0, 0.05) is 20.1 Å². The number of unbranched alkanes of at least 4 members (excludes halogenated alkanes) is 2. The van der Waals surface area contributed by atoms with Gasteiger partial charge in [-0.2, -0.15) is 15.0 Å². The molecule has 0 saturated carbocycles. The summed E-state index contributed by atoms with van der Waals surface area (Å²) in [5.41, 5.74) is 0. The summed E-state index contributed by atoms with van der Waals surface area (Å²) < 4.78 is 0. The molecule has 0 spiro atoms. The molecule has 0 aliphatic carbocycles. The van der Waals surface area contributed by atoms with E-state index in [2.05, 4.69) is 34.1 Å². The van der Waals surface area contributed by atoms with E-state index in [1.165, 1.54) is 12.8 Å². The van der Waals surface area contributed by atoms with Crippen molar-refractivity contribution < 1.29 is 0 Å². The summed E-state index contributed by atoms with van der Waals surface area (Å²) in [6.45, 7) is 6.04. The Morgan fingerprint density at radius 1 is 1.11 bits per heavy atom. The molecular weight excluding hydrogens is 250 g/mol. The summed E-state index contributed by atoms with van der Waals surface area (Å²) in [6.07, 6.45) is 4.57. The Hall–Kier alpha value is -1.10. The quantitative estimate of drug-likeness (QED) is 0.737. The number of halogens is 1. The van der Waals surface area contributed by atoms with Crippen molar-refractivity contribution >= 4 is 23.5 Å². The fourth-order valence-corrected chi connectivity index (χ4v) is 1.68. The molecule has 0 saturated heterocycles. The molecule has 1 aromatic rings. The van der Waals surface area contributed by atoms with E-state index < -0.39 is 0 Å². The molecule has 1 N–H and O–H groups in total. The summed E-state index contributed by atoms with van der Waals surface area (Å²) in [4.78, 5) is 14.6. The molecule has 0 bridgehead atoms. The van der Waals surface area contributed by atoms with Crippen LogP contribution in [-0.4, -0.2) is 35.1 Å². The zero-order chi connectivity index (χ0) is 13.4. The Kier molecular flexibility index (Phi) is 6.72. The highest BCUT2D eigenvalue weighted by Gasteiger charge is 2.08. The van der Waals surface area contributed by atoms with Gasteiger partial charge in [0.25, 0.3) is 0 Å². The maximum absolute atomic E-state index is 5.91. The molecule has 0 atom stereocenters. The van der Waals surface area contributed by atoms with Crippen LogP contribution in [0.4, 0.5) is 11.9 Å². The lowest BCUT2D eigenvalue weighted by molar-refractivity contribution is 0.695. The molecule has 0 radical (unpaired) electrons. The van der Waals surface area contributed by atoms with Gasteiger partial charge in [0.2, 0.25) is 17.2 Å². The minimum absolute atomic E-state index is 0.237. The maximum Gasteiger partial charge on any atom is 0.231 e. The molecule has 5 nitrogen and oxygen atoms in total. The van der Waals surface area contributed by atoms with Crippen molar-refractivity contribution in [2.75, 3.05) is 30.4 Å². The minimum atomic E-state index is 0.237. The molecule has 102 valence electrons. The van der Waals surface area contributed by atoms with Crippen LogP contribution in [0.5, 0.6) is 0 Å². The Morgan fingerprint density at radius 2 is 1.89 bits per heavy atom. The number of hydrogen-bond donors (Lipinski definition) is 1. The van der Waals surface area contributed by atoms with Crippen molar-refractivity contribution in [2.24, 2.45) is 0 Å². The molecule has 1 rings (SSSR count). The van der Waals surface area contributed by atoms with Crippen LogP contribution < -0.4 is 10.2 Å². The molecule has 1 heterocycles. The van der Waals surface area contributed by atoms with Gasteiger partial charge < -0.3 is 10.2 Å². The van der Waals surface area contributed by atoms with Crippen molar-refractivity contribution in [3.8, 4) is 0 Å². The molecule has 0 aliphatic heterocycles. The van der Waals surface area contributed by atoms with Gasteiger partial charge in [-0.25, -0.2) is 0 Å². The SMILES string of the molecule is CCCCCN(C)c1nc(Cl)nc(NCCC)n1. The van der Waals surface area contributed by atoms with E-state index in [1.54, 1.807) is 0 Å². The second-order valence-corrected chi connectivity index (χ2v) is 4.62. The van der Waals surface area contributed by atoms with Gasteiger partial charge >= 0.3 is 0 Å². The molecule has 0 fully saturated rings. The van der Waals surface area contributed by atoms with Crippen LogP contribution in [0, 0.1) is 0 Å². The average Bonchev–Trinajstić information content (AvgIpc) is 2.36. The van der Waals surface area contributed by atoms with Gasteiger partial charge in [-0.3, -0.25) is 0 Å². The molecule has 18 heavy (non-hydrogen) atoms. The van der Waals surface area contributed by atoms with Crippen LogP contribution in [0.2, 0.25) is 5.28 Å². The molecular formula is C12H22ClN5. The fourth-order valence-electron chi connectivity index (χ4n) is 1.53. The molecule has 0 unspecified atom stereocenters. The standard InChI is InChI=1S/C12H22ClN5/c1-4-6-7-9-18(3)12-16-10(13)15-11(17-12)14-8-5-2/h4-9H2,1-3H3,(H,14,15,16,17). The van der Waals surface area contributed by atoms with Gasteiger partial charge in [0.15, 0.2) is 0 Å². The highest BCUT2D eigenvalue weighted by atomic mass is 35.5. The first-order chi connectivity index (χ1) is 8.67. The van der Waals surface area contributed by atoms with E-state index in [9.17, 15) is 0 Å². The van der Waals surface area contributed by atoms with Crippen LogP contribution in [0.25, 0.3) is 0 Å². The Balaban J connectivity index is 2.65. The monoisotopic (exact) mass is 271 g/mol. The minimum Gasteiger partial charge on any atom is -0.354 e. The number of nitrogens with one attached hydrogen (secondary N) is 1. The third-order valence-corrected chi connectivity index (χ3v) is 2.74. The van der Waals surface area contributed by atoms with E-state index in [1.807, 2.05) is 11.9 Å². The molecule has 0 aromatic carbocycles. The lowest BCUT2D eigenvalue weighted by atomic mass is 10.2. The second kappa shape index (κ2) is 8.08. The normalized spacial score (nSPS) is 10.4. The maximum atomic E-state index is 5.91. The molecule has 1 aromatic heterocycles. The van der Waals surface area contributed by atoms with Gasteiger partial charge in [-0.15, -0.1) is 0 Å². The summed E-state index contributed by atoms with van der Waals surface area (Å²) in [6, 6.07) is 0. The summed E-state index contributed by atoms with van der Waals surface area (Å²) >= 11 is 5.91. The predicted molar refractivity (Wildman–Crippen MR) is 76.4 cm³/mol. The smallest absolute Gasteiger partial charge is 0.231 e. The molecule has 6 heteroatoms. The van der Waals surface area contributed by atoms with Gasteiger partial charge in [-0.05, 0) is 24.4 Å². The van der Waals surface area contributed by atoms with E-state index in [0.29, 0.717) is 11.9 Å². The van der Waals surface area contributed by atoms with E-state index in [-0.39, 0.29) is 5.28 Å². The second-order valence-electron chi connectivity index (χ2n) is 4.28. The van der Waals surface area contributed by atoms with Crippen LogP contribution >= 0.6 is 11.6 Å².